The van der Waals surface area contributed by atoms with Crippen LogP contribution in [0.15, 0.2) is 36.4 Å². The Labute approximate surface area is 171 Å². The first-order valence-corrected chi connectivity index (χ1v) is 10.1. The first kappa shape index (κ1) is 20.5. The number of hydrogen-bond donors (Lipinski definition) is 2. The summed E-state index contributed by atoms with van der Waals surface area (Å²) in [7, 11) is 2.00. The first-order valence-electron chi connectivity index (χ1n) is 9.72. The fourth-order valence-corrected chi connectivity index (χ4v) is 3.58. The summed E-state index contributed by atoms with van der Waals surface area (Å²) in [5.74, 6) is 1.72. The number of quaternary nitrogens is 1. The molecule has 1 unspecified atom stereocenters. The molecule has 6 heteroatoms. The van der Waals surface area contributed by atoms with Gasteiger partial charge in [0.05, 0.1) is 13.7 Å². The maximum Gasteiger partial charge on any atom is 0.275 e. The molecule has 0 aromatic heterocycles. The summed E-state index contributed by atoms with van der Waals surface area (Å²) >= 11 is 5.92. The van der Waals surface area contributed by atoms with Crippen molar-refractivity contribution in [2.75, 3.05) is 20.2 Å². The van der Waals surface area contributed by atoms with Crippen molar-refractivity contribution in [3.63, 3.8) is 0 Å². The van der Waals surface area contributed by atoms with E-state index in [0.29, 0.717) is 19.7 Å². The molecule has 0 aliphatic carbocycles. The molecule has 0 spiro atoms. The summed E-state index contributed by atoms with van der Waals surface area (Å²) in [4.78, 5) is 13.5. The summed E-state index contributed by atoms with van der Waals surface area (Å²) in [6, 6.07) is 11.8. The van der Waals surface area contributed by atoms with Gasteiger partial charge in [-0.1, -0.05) is 23.7 Å². The van der Waals surface area contributed by atoms with Crippen molar-refractivity contribution in [1.29, 1.82) is 0 Å². The van der Waals surface area contributed by atoms with Crippen LogP contribution in [0.1, 0.15) is 30.5 Å². The molecule has 150 valence electrons. The number of carbonyl (C=O) groups excluding carboxylic acids is 1. The van der Waals surface area contributed by atoms with Crippen molar-refractivity contribution < 1.29 is 19.2 Å². The number of halogens is 1. The van der Waals surface area contributed by atoms with Gasteiger partial charge in [0.25, 0.3) is 5.91 Å². The molecule has 1 heterocycles. The van der Waals surface area contributed by atoms with Gasteiger partial charge in [0.2, 0.25) is 0 Å². The first-order chi connectivity index (χ1) is 13.4. The lowest BCUT2D eigenvalue weighted by Crippen LogP contribution is -3.08. The molecular weight excluding hydrogens is 376 g/mol. The Morgan fingerprint density at radius 2 is 2.07 bits per heavy atom. The van der Waals surface area contributed by atoms with Crippen LogP contribution in [0.3, 0.4) is 0 Å². The van der Waals surface area contributed by atoms with Gasteiger partial charge >= 0.3 is 0 Å². The summed E-state index contributed by atoms with van der Waals surface area (Å²) < 4.78 is 11.6. The molecule has 0 saturated heterocycles. The normalized spacial score (nSPS) is 16.2. The lowest BCUT2D eigenvalue weighted by atomic mass is 10.1. The van der Waals surface area contributed by atoms with Crippen LogP contribution in [-0.4, -0.2) is 32.2 Å². The standard InChI is InChI=1S/C22H27ClN2O3/c1-4-27-20-10-17-9-15(2)28-21(17)11-18(20)12-24-22(26)14-25(3)13-16-5-7-19(23)8-6-16/h5-8,10-11,15H,4,9,12-14H2,1-3H3,(H,24,26)/p+1/t15-/m1/s1. The second-order valence-corrected chi connectivity index (χ2v) is 7.78. The van der Waals surface area contributed by atoms with Crippen LogP contribution in [-0.2, 0) is 24.3 Å². The number of benzene rings is 2. The number of amides is 1. The molecule has 5 nitrogen and oxygen atoms in total. The van der Waals surface area contributed by atoms with Crippen molar-refractivity contribution in [3.8, 4) is 11.5 Å². The van der Waals surface area contributed by atoms with Crippen molar-refractivity contribution >= 4 is 17.5 Å². The Balaban J connectivity index is 1.56. The van der Waals surface area contributed by atoms with Gasteiger partial charge in [-0.25, -0.2) is 0 Å². The third-order valence-electron chi connectivity index (χ3n) is 4.74. The van der Waals surface area contributed by atoms with Crippen molar-refractivity contribution in [2.45, 2.75) is 39.5 Å². The van der Waals surface area contributed by atoms with Crippen LogP contribution in [0.4, 0.5) is 0 Å². The monoisotopic (exact) mass is 403 g/mol. The number of fused-ring (bicyclic) bond motifs is 1. The molecule has 28 heavy (non-hydrogen) atoms. The van der Waals surface area contributed by atoms with Crippen LogP contribution < -0.4 is 19.7 Å². The Morgan fingerprint density at radius 1 is 1.32 bits per heavy atom. The van der Waals surface area contributed by atoms with Gasteiger partial charge in [0.15, 0.2) is 6.54 Å². The SMILES string of the molecule is CCOc1cc2c(cc1CNC(=O)C[NH+](C)Cc1ccc(Cl)cc1)O[C@H](C)C2. The number of carbonyl (C=O) groups is 1. The number of nitrogens with one attached hydrogen (secondary N) is 2. The third-order valence-corrected chi connectivity index (χ3v) is 4.99. The Morgan fingerprint density at radius 3 is 2.79 bits per heavy atom. The zero-order valence-electron chi connectivity index (χ0n) is 16.7. The Bertz CT molecular complexity index is 823. The molecule has 2 aromatic rings. The summed E-state index contributed by atoms with van der Waals surface area (Å²) in [5, 5.41) is 3.73. The predicted octanol–water partition coefficient (Wildman–Crippen LogP) is 2.39. The fraction of sp³-hybridized carbons (Fsp3) is 0.409. The smallest absolute Gasteiger partial charge is 0.275 e. The molecule has 2 aromatic carbocycles. The highest BCUT2D eigenvalue weighted by Gasteiger charge is 2.22. The van der Waals surface area contributed by atoms with Crippen LogP contribution in [0.25, 0.3) is 0 Å². The van der Waals surface area contributed by atoms with E-state index in [0.717, 1.165) is 51.1 Å². The minimum atomic E-state index is 0.00342. The van der Waals surface area contributed by atoms with Crippen LogP contribution in [0.5, 0.6) is 11.5 Å². The van der Waals surface area contributed by atoms with Gasteiger partial charge in [0.1, 0.15) is 24.1 Å². The molecule has 3 rings (SSSR count). The molecule has 0 bridgehead atoms. The average Bonchev–Trinajstić information content (AvgIpc) is 3.00. The highest BCUT2D eigenvalue weighted by atomic mass is 35.5. The minimum Gasteiger partial charge on any atom is -0.494 e. The molecule has 0 radical (unpaired) electrons. The van der Waals surface area contributed by atoms with Crippen molar-refractivity contribution in [2.24, 2.45) is 0 Å². The average molecular weight is 404 g/mol. The topological polar surface area (TPSA) is 52.0 Å². The lowest BCUT2D eigenvalue weighted by molar-refractivity contribution is -0.885. The molecule has 1 aliphatic heterocycles. The largest absolute Gasteiger partial charge is 0.494 e. The van der Waals surface area contributed by atoms with Crippen LogP contribution in [0, 0.1) is 0 Å². The highest BCUT2D eigenvalue weighted by molar-refractivity contribution is 6.30. The van der Waals surface area contributed by atoms with E-state index in [1.54, 1.807) is 0 Å². The molecule has 1 aliphatic rings. The van der Waals surface area contributed by atoms with Gasteiger partial charge in [-0.05, 0) is 38.1 Å². The Hall–Kier alpha value is -2.24. The van der Waals surface area contributed by atoms with E-state index < -0.39 is 0 Å². The zero-order chi connectivity index (χ0) is 20.1. The summed E-state index contributed by atoms with van der Waals surface area (Å²) in [6.45, 7) is 6.19. The van der Waals surface area contributed by atoms with E-state index in [2.05, 4.69) is 12.2 Å². The minimum absolute atomic E-state index is 0.00342. The van der Waals surface area contributed by atoms with E-state index in [1.807, 2.05) is 50.4 Å². The molecule has 2 N–H and O–H groups in total. The van der Waals surface area contributed by atoms with Gasteiger partial charge < -0.3 is 19.7 Å². The maximum atomic E-state index is 12.4. The van der Waals surface area contributed by atoms with Gasteiger partial charge in [-0.3, -0.25) is 4.79 Å². The van der Waals surface area contributed by atoms with E-state index in [9.17, 15) is 4.79 Å². The van der Waals surface area contributed by atoms with Crippen molar-refractivity contribution in [3.05, 3.63) is 58.1 Å². The molecule has 0 fully saturated rings. The molecular formula is C22H28ClN2O3+. The number of likely N-dealkylation sites (N-methyl/N-ethyl adjacent to an activating group) is 1. The van der Waals surface area contributed by atoms with E-state index in [-0.39, 0.29) is 12.0 Å². The zero-order valence-corrected chi connectivity index (χ0v) is 17.4. The van der Waals surface area contributed by atoms with Crippen LogP contribution >= 0.6 is 11.6 Å². The predicted molar refractivity (Wildman–Crippen MR) is 110 cm³/mol. The maximum absolute atomic E-state index is 12.4. The lowest BCUT2D eigenvalue weighted by Gasteiger charge is -2.16. The number of rotatable bonds is 8. The highest BCUT2D eigenvalue weighted by Crippen LogP contribution is 2.35. The van der Waals surface area contributed by atoms with Gasteiger partial charge in [-0.15, -0.1) is 0 Å². The van der Waals surface area contributed by atoms with Crippen LogP contribution in [0.2, 0.25) is 5.02 Å². The number of hydrogen-bond acceptors (Lipinski definition) is 3. The fourth-order valence-electron chi connectivity index (χ4n) is 3.45. The van der Waals surface area contributed by atoms with Gasteiger partial charge in [0, 0.05) is 34.7 Å². The molecule has 2 atom stereocenters. The molecule has 0 saturated carbocycles. The van der Waals surface area contributed by atoms with Gasteiger partial charge in [-0.2, -0.15) is 0 Å². The summed E-state index contributed by atoms with van der Waals surface area (Å²) in [5.41, 5.74) is 3.26. The second kappa shape index (κ2) is 9.30. The second-order valence-electron chi connectivity index (χ2n) is 7.35. The number of ether oxygens (including phenoxy) is 2. The Kier molecular flexibility index (Phi) is 6.81. The third kappa shape index (κ3) is 5.40. The van der Waals surface area contributed by atoms with E-state index in [1.165, 1.54) is 0 Å². The van der Waals surface area contributed by atoms with E-state index in [4.69, 9.17) is 21.1 Å². The molecule has 1 amide bonds. The quantitative estimate of drug-likeness (QED) is 0.711. The summed E-state index contributed by atoms with van der Waals surface area (Å²) in [6.07, 6.45) is 1.07. The van der Waals surface area contributed by atoms with E-state index >= 15 is 0 Å². The van der Waals surface area contributed by atoms with Crippen molar-refractivity contribution in [1.82, 2.24) is 5.32 Å².